The van der Waals surface area contributed by atoms with Crippen LogP contribution in [-0.2, 0) is 0 Å². The second-order valence-corrected chi connectivity index (χ2v) is 5.34. The summed E-state index contributed by atoms with van der Waals surface area (Å²) in [5.41, 5.74) is -0.365. The van der Waals surface area contributed by atoms with E-state index in [0.29, 0.717) is 28.0 Å². The highest BCUT2D eigenvalue weighted by atomic mass is 16.4. The van der Waals surface area contributed by atoms with E-state index in [2.05, 4.69) is 0 Å². The van der Waals surface area contributed by atoms with E-state index in [0.717, 1.165) is 10.8 Å². The normalized spacial score (nSPS) is 11.7. The zero-order valence-corrected chi connectivity index (χ0v) is 12.3. The highest BCUT2D eigenvalue weighted by molar-refractivity contribution is 6.08. The molecule has 5 heteroatoms. The van der Waals surface area contributed by atoms with E-state index < -0.39 is 11.3 Å². The van der Waals surface area contributed by atoms with Crippen molar-refractivity contribution in [2.24, 2.45) is 0 Å². The summed E-state index contributed by atoms with van der Waals surface area (Å²) < 4.78 is 10.4. The number of nitrogens with zero attached hydrogens (tertiary/aromatic N) is 1. The third-order valence-electron chi connectivity index (χ3n) is 3.44. The van der Waals surface area contributed by atoms with Crippen LogP contribution in [0.25, 0.3) is 21.5 Å². The van der Waals surface area contributed by atoms with Gasteiger partial charge in [-0.25, -0.2) is 9.59 Å². The molecule has 0 bridgehead atoms. The van der Waals surface area contributed by atoms with E-state index in [-0.39, 0.29) is 0 Å². The van der Waals surface area contributed by atoms with Crippen LogP contribution in [0.4, 0.5) is 5.69 Å². The number of aryl methyl sites for hydroxylation is 2. The third kappa shape index (κ3) is 2.06. The molecule has 107 valence electrons. The molecule has 0 aliphatic carbocycles. The summed E-state index contributed by atoms with van der Waals surface area (Å²) in [4.78, 5) is 26.2. The lowest BCUT2D eigenvalue weighted by Crippen LogP contribution is -2.18. The molecule has 0 amide bonds. The molecular weight excluding hydrogens is 270 g/mol. The van der Waals surface area contributed by atoms with Crippen LogP contribution in [-0.4, -0.2) is 14.1 Å². The summed E-state index contributed by atoms with van der Waals surface area (Å²) in [7, 11) is 3.57. The van der Waals surface area contributed by atoms with E-state index in [1.807, 2.05) is 6.07 Å². The molecule has 3 aromatic rings. The fourth-order valence-electron chi connectivity index (χ4n) is 2.71. The van der Waals surface area contributed by atoms with Gasteiger partial charge in [-0.2, -0.15) is 0 Å². The SMILES string of the molecule is Cc1cc2cc3cc(C)oc(=O)c3c([N+](C)C)c2c(=O)o1. The molecule has 0 atom stereocenters. The lowest BCUT2D eigenvalue weighted by atomic mass is 10.0. The van der Waals surface area contributed by atoms with Gasteiger partial charge in [0.15, 0.2) is 0 Å². The fourth-order valence-corrected chi connectivity index (χ4v) is 2.71. The van der Waals surface area contributed by atoms with Gasteiger partial charge < -0.3 is 8.83 Å². The van der Waals surface area contributed by atoms with Crippen molar-refractivity contribution in [3.05, 3.63) is 50.6 Å². The molecule has 5 nitrogen and oxygen atoms in total. The van der Waals surface area contributed by atoms with Gasteiger partial charge in [0.2, 0.25) is 5.69 Å². The number of hydrogen-bond donors (Lipinski definition) is 0. The van der Waals surface area contributed by atoms with Crippen molar-refractivity contribution in [3.8, 4) is 0 Å². The average molecular weight is 285 g/mol. The largest absolute Gasteiger partial charge is 0.428 e. The summed E-state index contributed by atoms with van der Waals surface area (Å²) >= 11 is 0. The molecule has 0 fully saturated rings. The second kappa shape index (κ2) is 4.56. The van der Waals surface area contributed by atoms with Crippen LogP contribution in [0.3, 0.4) is 0 Å². The van der Waals surface area contributed by atoms with Gasteiger partial charge in [0.1, 0.15) is 36.4 Å². The highest BCUT2D eigenvalue weighted by Crippen LogP contribution is 2.31. The average Bonchev–Trinajstić information content (AvgIpc) is 2.35. The van der Waals surface area contributed by atoms with Crippen LogP contribution in [0.5, 0.6) is 0 Å². The monoisotopic (exact) mass is 285 g/mol. The van der Waals surface area contributed by atoms with Crippen molar-refractivity contribution < 1.29 is 8.83 Å². The molecule has 3 rings (SSSR count). The molecule has 0 spiro atoms. The fraction of sp³-hybridized carbons (Fsp3) is 0.250. The minimum atomic E-state index is -0.449. The molecule has 2 aromatic heterocycles. The van der Waals surface area contributed by atoms with Crippen LogP contribution in [0.1, 0.15) is 11.5 Å². The molecule has 0 unspecified atom stereocenters. The lowest BCUT2D eigenvalue weighted by Gasteiger charge is -2.08. The van der Waals surface area contributed by atoms with Gasteiger partial charge in [-0.05, 0) is 42.8 Å². The summed E-state index contributed by atoms with van der Waals surface area (Å²) in [6, 6.07) is 5.42. The van der Waals surface area contributed by atoms with E-state index >= 15 is 0 Å². The molecular formula is C16H15NO4+. The number of anilines is 1. The maximum Gasteiger partial charge on any atom is 0.350 e. The van der Waals surface area contributed by atoms with Gasteiger partial charge in [-0.3, -0.25) is 0 Å². The van der Waals surface area contributed by atoms with Gasteiger partial charge in [0.25, 0.3) is 0 Å². The van der Waals surface area contributed by atoms with Crippen LogP contribution >= 0.6 is 0 Å². The maximum atomic E-state index is 12.2. The topological polar surface area (TPSA) is 66.3 Å². The Labute approximate surface area is 120 Å². The van der Waals surface area contributed by atoms with Gasteiger partial charge >= 0.3 is 11.3 Å². The first-order valence-corrected chi connectivity index (χ1v) is 6.57. The Kier molecular flexibility index (Phi) is 2.95. The summed E-state index contributed by atoms with van der Waals surface area (Å²) in [6.45, 7) is 3.45. The van der Waals surface area contributed by atoms with Gasteiger partial charge in [0, 0.05) is 0 Å². The van der Waals surface area contributed by atoms with Crippen LogP contribution in [0, 0.1) is 13.8 Å². The lowest BCUT2D eigenvalue weighted by molar-refractivity contribution is 0.486. The molecule has 0 saturated carbocycles. The molecule has 0 N–H and O–H groups in total. The number of fused-ring (bicyclic) bond motifs is 2. The quantitative estimate of drug-likeness (QED) is 0.509. The standard InChI is InChI=1S/C16H15NO4/c1-8-5-10-7-11-6-9(2)21-16(19)13(11)14(17(3)4)12(10)15(18)20-8/h5-7H,1-4H3/q+1. The van der Waals surface area contributed by atoms with Gasteiger partial charge in [-0.1, -0.05) is 0 Å². The number of rotatable bonds is 1. The molecule has 2 heterocycles. The Morgan fingerprint density at radius 2 is 1.24 bits per heavy atom. The Hall–Kier alpha value is -2.40. The molecule has 0 aliphatic rings. The van der Waals surface area contributed by atoms with Gasteiger partial charge in [-0.15, -0.1) is 4.90 Å². The smallest absolute Gasteiger partial charge is 0.350 e. The summed E-state index contributed by atoms with van der Waals surface area (Å²) in [5.74, 6) is 1.08. The van der Waals surface area contributed by atoms with Crippen LogP contribution in [0.15, 0.2) is 36.6 Å². The van der Waals surface area contributed by atoms with Gasteiger partial charge in [0.05, 0.1) is 0 Å². The Morgan fingerprint density at radius 1 is 0.810 bits per heavy atom. The van der Waals surface area contributed by atoms with Crippen LogP contribution in [0.2, 0.25) is 0 Å². The molecule has 1 radical (unpaired) electrons. The van der Waals surface area contributed by atoms with Crippen LogP contribution < -0.4 is 16.2 Å². The maximum absolute atomic E-state index is 12.2. The Morgan fingerprint density at radius 3 is 1.62 bits per heavy atom. The minimum Gasteiger partial charge on any atom is -0.428 e. The zero-order chi connectivity index (χ0) is 15.3. The highest BCUT2D eigenvalue weighted by Gasteiger charge is 2.24. The van der Waals surface area contributed by atoms with Crippen molar-refractivity contribution in [1.29, 1.82) is 0 Å². The minimum absolute atomic E-state index is 0.397. The predicted octanol–water partition coefficient (Wildman–Crippen LogP) is 2.55. The first kappa shape index (κ1) is 13.6. The summed E-state index contributed by atoms with van der Waals surface area (Å²) in [6.07, 6.45) is 0. The van der Waals surface area contributed by atoms with E-state index in [1.165, 1.54) is 0 Å². The Bertz CT molecular complexity index is 905. The zero-order valence-electron chi connectivity index (χ0n) is 12.3. The van der Waals surface area contributed by atoms with E-state index in [9.17, 15) is 9.59 Å². The molecule has 0 aliphatic heterocycles. The van der Waals surface area contributed by atoms with Crippen molar-refractivity contribution >= 4 is 27.2 Å². The summed E-state index contributed by atoms with van der Waals surface area (Å²) in [5, 5.41) is 2.30. The number of hydrogen-bond acceptors (Lipinski definition) is 5. The van der Waals surface area contributed by atoms with E-state index in [1.54, 1.807) is 45.0 Å². The third-order valence-corrected chi connectivity index (χ3v) is 3.44. The van der Waals surface area contributed by atoms with Crippen molar-refractivity contribution in [3.63, 3.8) is 0 Å². The first-order valence-electron chi connectivity index (χ1n) is 6.57. The van der Waals surface area contributed by atoms with Crippen molar-refractivity contribution in [2.75, 3.05) is 14.1 Å². The Balaban J connectivity index is 2.70. The van der Waals surface area contributed by atoms with Crippen molar-refractivity contribution in [1.82, 2.24) is 4.90 Å². The number of benzene rings is 1. The molecule has 1 aromatic carbocycles. The molecule has 21 heavy (non-hydrogen) atoms. The second-order valence-electron chi connectivity index (χ2n) is 5.34. The first-order chi connectivity index (χ1) is 9.88. The van der Waals surface area contributed by atoms with Crippen molar-refractivity contribution in [2.45, 2.75) is 13.8 Å². The predicted molar refractivity (Wildman–Crippen MR) is 81.6 cm³/mol. The molecule has 0 saturated heterocycles. The van der Waals surface area contributed by atoms with E-state index in [4.69, 9.17) is 8.83 Å².